The molecule has 2 aromatic heterocycles. The van der Waals surface area contributed by atoms with Gasteiger partial charge in [-0.1, -0.05) is 6.42 Å². The second kappa shape index (κ2) is 7.03. The predicted molar refractivity (Wildman–Crippen MR) is 79.2 cm³/mol. The van der Waals surface area contributed by atoms with E-state index >= 15 is 0 Å². The molecule has 0 aliphatic heterocycles. The second-order valence-corrected chi connectivity index (χ2v) is 5.17. The Morgan fingerprint density at radius 3 is 1.63 bits per heavy atom. The van der Waals surface area contributed by atoms with Crippen LogP contribution in [0.3, 0.4) is 0 Å². The Kier molecular flexibility index (Phi) is 5.08. The lowest BCUT2D eigenvalue weighted by Crippen LogP contribution is -1.91. The molecule has 0 bridgehead atoms. The smallest absolute Gasteiger partial charge is 0.0375 e. The van der Waals surface area contributed by atoms with Gasteiger partial charge in [0, 0.05) is 23.8 Å². The van der Waals surface area contributed by atoms with Crippen molar-refractivity contribution in [3.05, 3.63) is 59.2 Å². The summed E-state index contributed by atoms with van der Waals surface area (Å²) in [5.41, 5.74) is 5.05. The Bertz CT molecular complexity index is 473. The van der Waals surface area contributed by atoms with Crippen molar-refractivity contribution in [3.8, 4) is 0 Å². The van der Waals surface area contributed by atoms with Crippen LogP contribution in [0.4, 0.5) is 0 Å². The molecular weight excluding hydrogens is 232 g/mol. The molecule has 0 aliphatic carbocycles. The van der Waals surface area contributed by atoms with Crippen LogP contribution in [0.25, 0.3) is 0 Å². The first kappa shape index (κ1) is 13.7. The van der Waals surface area contributed by atoms with Gasteiger partial charge in [0.15, 0.2) is 0 Å². The number of hydrogen-bond acceptors (Lipinski definition) is 2. The summed E-state index contributed by atoms with van der Waals surface area (Å²) in [7, 11) is 0. The first-order valence-corrected chi connectivity index (χ1v) is 7.07. The number of pyridine rings is 2. The van der Waals surface area contributed by atoms with E-state index in [-0.39, 0.29) is 0 Å². The van der Waals surface area contributed by atoms with E-state index in [1.54, 1.807) is 0 Å². The van der Waals surface area contributed by atoms with Crippen LogP contribution in [0, 0.1) is 13.8 Å². The van der Waals surface area contributed by atoms with Gasteiger partial charge in [-0.05, 0) is 74.9 Å². The summed E-state index contributed by atoms with van der Waals surface area (Å²) in [6, 6.07) is 8.62. The van der Waals surface area contributed by atoms with Gasteiger partial charge in [-0.3, -0.25) is 9.97 Å². The molecule has 2 aromatic rings. The molecule has 0 saturated carbocycles. The van der Waals surface area contributed by atoms with Gasteiger partial charge >= 0.3 is 0 Å². The summed E-state index contributed by atoms with van der Waals surface area (Å²) in [5.74, 6) is 0. The lowest BCUT2D eigenvalue weighted by atomic mass is 10.0. The maximum Gasteiger partial charge on any atom is 0.0375 e. The fraction of sp³-hybridized carbons (Fsp3) is 0.412. The minimum absolute atomic E-state index is 1.12. The van der Waals surface area contributed by atoms with Crippen molar-refractivity contribution >= 4 is 0 Å². The Morgan fingerprint density at radius 2 is 1.21 bits per heavy atom. The Balaban J connectivity index is 1.67. The molecule has 2 heterocycles. The molecule has 0 atom stereocenters. The van der Waals surface area contributed by atoms with E-state index in [1.807, 2.05) is 12.4 Å². The first-order valence-electron chi connectivity index (χ1n) is 7.07. The zero-order valence-corrected chi connectivity index (χ0v) is 11.9. The molecule has 0 aromatic carbocycles. The largest absolute Gasteiger partial charge is 0.262 e. The quantitative estimate of drug-likeness (QED) is 0.727. The highest BCUT2D eigenvalue weighted by atomic mass is 14.6. The van der Waals surface area contributed by atoms with Crippen molar-refractivity contribution in [1.29, 1.82) is 0 Å². The summed E-state index contributed by atoms with van der Waals surface area (Å²) >= 11 is 0. The standard InChI is InChI=1S/C17H22N2/c1-14-12-16(8-10-18-14)6-4-3-5-7-17-9-11-19-15(2)13-17/h8-13H,3-7H2,1-2H3. The number of rotatable bonds is 6. The number of nitrogens with zero attached hydrogens (tertiary/aromatic N) is 2. The van der Waals surface area contributed by atoms with Crippen LogP contribution in [0.5, 0.6) is 0 Å². The lowest BCUT2D eigenvalue weighted by Gasteiger charge is -2.04. The summed E-state index contributed by atoms with van der Waals surface area (Å²) in [6.45, 7) is 4.10. The molecule has 0 aliphatic rings. The van der Waals surface area contributed by atoms with Gasteiger partial charge < -0.3 is 0 Å². The van der Waals surface area contributed by atoms with Gasteiger partial charge in [-0.25, -0.2) is 0 Å². The van der Waals surface area contributed by atoms with Crippen LogP contribution in [0.15, 0.2) is 36.7 Å². The molecule has 0 radical (unpaired) electrons. The first-order chi connectivity index (χ1) is 9.24. The van der Waals surface area contributed by atoms with Crippen LogP contribution in [-0.2, 0) is 12.8 Å². The maximum absolute atomic E-state index is 4.23. The highest BCUT2D eigenvalue weighted by Crippen LogP contribution is 2.10. The average Bonchev–Trinajstić information content (AvgIpc) is 2.38. The minimum Gasteiger partial charge on any atom is -0.262 e. The third-order valence-corrected chi connectivity index (χ3v) is 3.35. The molecule has 2 rings (SSSR count). The van der Waals surface area contributed by atoms with E-state index in [0.29, 0.717) is 0 Å². The van der Waals surface area contributed by atoms with Crippen LogP contribution in [-0.4, -0.2) is 9.97 Å². The van der Waals surface area contributed by atoms with Crippen molar-refractivity contribution in [2.45, 2.75) is 46.0 Å². The fourth-order valence-corrected chi connectivity index (χ4v) is 2.35. The molecule has 2 nitrogen and oxygen atoms in total. The van der Waals surface area contributed by atoms with Crippen LogP contribution < -0.4 is 0 Å². The third-order valence-electron chi connectivity index (χ3n) is 3.35. The molecule has 0 spiro atoms. The van der Waals surface area contributed by atoms with Crippen LogP contribution in [0.1, 0.15) is 41.8 Å². The molecule has 0 saturated heterocycles. The van der Waals surface area contributed by atoms with E-state index in [1.165, 1.54) is 43.2 Å². The molecule has 0 fully saturated rings. The molecular formula is C17H22N2. The van der Waals surface area contributed by atoms with Gasteiger partial charge in [0.25, 0.3) is 0 Å². The maximum atomic E-state index is 4.23. The van der Waals surface area contributed by atoms with Crippen molar-refractivity contribution in [1.82, 2.24) is 9.97 Å². The van der Waals surface area contributed by atoms with E-state index < -0.39 is 0 Å². The topological polar surface area (TPSA) is 25.8 Å². The minimum atomic E-state index is 1.12. The summed E-state index contributed by atoms with van der Waals surface area (Å²) in [5, 5.41) is 0. The zero-order chi connectivity index (χ0) is 13.5. The van der Waals surface area contributed by atoms with Crippen LogP contribution >= 0.6 is 0 Å². The summed E-state index contributed by atoms with van der Waals surface area (Å²) in [4.78, 5) is 8.45. The molecule has 0 amide bonds. The van der Waals surface area contributed by atoms with Crippen molar-refractivity contribution in [3.63, 3.8) is 0 Å². The van der Waals surface area contributed by atoms with Gasteiger partial charge in [-0.2, -0.15) is 0 Å². The highest BCUT2D eigenvalue weighted by molar-refractivity contribution is 5.16. The lowest BCUT2D eigenvalue weighted by molar-refractivity contribution is 0.677. The number of hydrogen-bond donors (Lipinski definition) is 0. The van der Waals surface area contributed by atoms with Gasteiger partial charge in [0.1, 0.15) is 0 Å². The second-order valence-electron chi connectivity index (χ2n) is 5.17. The predicted octanol–water partition coefficient (Wildman–Crippen LogP) is 4.05. The van der Waals surface area contributed by atoms with Gasteiger partial charge in [-0.15, -0.1) is 0 Å². The molecule has 0 N–H and O–H groups in total. The number of aromatic nitrogens is 2. The van der Waals surface area contributed by atoms with Gasteiger partial charge in [0.2, 0.25) is 0 Å². The summed E-state index contributed by atoms with van der Waals surface area (Å²) < 4.78 is 0. The molecule has 0 unspecified atom stereocenters. The normalized spacial score (nSPS) is 10.6. The van der Waals surface area contributed by atoms with E-state index in [2.05, 4.69) is 48.1 Å². The van der Waals surface area contributed by atoms with E-state index in [9.17, 15) is 0 Å². The molecule has 100 valence electrons. The molecule has 2 heteroatoms. The fourth-order valence-electron chi connectivity index (χ4n) is 2.35. The SMILES string of the molecule is Cc1cc(CCCCCc2ccnc(C)c2)ccn1. The van der Waals surface area contributed by atoms with Gasteiger partial charge in [0.05, 0.1) is 0 Å². The highest BCUT2D eigenvalue weighted by Gasteiger charge is 1.97. The zero-order valence-electron chi connectivity index (χ0n) is 11.9. The Labute approximate surface area is 115 Å². The number of unbranched alkanes of at least 4 members (excludes halogenated alkanes) is 2. The van der Waals surface area contributed by atoms with Crippen molar-refractivity contribution in [2.75, 3.05) is 0 Å². The summed E-state index contributed by atoms with van der Waals surface area (Å²) in [6.07, 6.45) is 9.94. The number of aryl methyl sites for hydroxylation is 4. The molecule has 19 heavy (non-hydrogen) atoms. The van der Waals surface area contributed by atoms with Crippen molar-refractivity contribution in [2.24, 2.45) is 0 Å². The van der Waals surface area contributed by atoms with E-state index in [0.717, 1.165) is 11.4 Å². The van der Waals surface area contributed by atoms with E-state index in [4.69, 9.17) is 0 Å². The Morgan fingerprint density at radius 1 is 0.737 bits per heavy atom. The third kappa shape index (κ3) is 4.82. The Hall–Kier alpha value is -1.70. The monoisotopic (exact) mass is 254 g/mol. The van der Waals surface area contributed by atoms with Crippen molar-refractivity contribution < 1.29 is 0 Å². The average molecular weight is 254 g/mol. The van der Waals surface area contributed by atoms with Crippen LogP contribution in [0.2, 0.25) is 0 Å².